The smallest absolute Gasteiger partial charge is 0.248 e. The molecular weight excluding hydrogens is 408 g/mol. The van der Waals surface area contributed by atoms with Crippen LogP contribution in [0, 0.1) is 6.92 Å². The summed E-state index contributed by atoms with van der Waals surface area (Å²) in [5.41, 5.74) is 8.41. The van der Waals surface area contributed by atoms with Gasteiger partial charge in [0.05, 0.1) is 22.5 Å². The minimum absolute atomic E-state index is 0.0289. The molecule has 1 saturated heterocycles. The van der Waals surface area contributed by atoms with Crippen LogP contribution in [0.4, 0.5) is 0 Å². The second-order valence-electron chi connectivity index (χ2n) is 6.10. The van der Waals surface area contributed by atoms with E-state index in [1.165, 1.54) is 16.7 Å². The molecule has 1 unspecified atom stereocenters. The van der Waals surface area contributed by atoms with Crippen molar-refractivity contribution >= 4 is 45.1 Å². The fraction of sp³-hybridized carbons (Fsp3) is 0.312. The average Bonchev–Trinajstić information content (AvgIpc) is 2.97. The Morgan fingerprint density at radius 3 is 3.00 bits per heavy atom. The lowest BCUT2D eigenvalue weighted by molar-refractivity contribution is -0.694. The number of aromatic nitrogens is 2. The number of rotatable bonds is 3. The third kappa shape index (κ3) is 2.41. The van der Waals surface area contributed by atoms with Crippen molar-refractivity contribution < 1.29 is 19.3 Å². The number of hydrogen-bond acceptors (Lipinski definition) is 5. The molecule has 2 aromatic rings. The second-order valence-corrected chi connectivity index (χ2v) is 8.02. The highest BCUT2D eigenvalue weighted by molar-refractivity contribution is 9.10. The Hall–Kier alpha value is -1.84. The monoisotopic (exact) mass is 422 g/mol. The number of nitrogens with two attached hydrogens (primary N) is 1. The van der Waals surface area contributed by atoms with Gasteiger partial charge in [0.15, 0.2) is 12.7 Å². The van der Waals surface area contributed by atoms with Crippen molar-refractivity contribution in [1.82, 2.24) is 9.30 Å². The molecule has 1 amide bonds. The van der Waals surface area contributed by atoms with Gasteiger partial charge in [-0.25, -0.2) is 0 Å². The molecule has 0 bridgehead atoms. The molecule has 0 saturated carbocycles. The number of halogens is 1. The summed E-state index contributed by atoms with van der Waals surface area (Å²) in [6.45, 7) is 2.36. The highest BCUT2D eigenvalue weighted by atomic mass is 79.9. The third-order valence-corrected chi connectivity index (χ3v) is 6.72. The van der Waals surface area contributed by atoms with Crippen LogP contribution in [0.2, 0.25) is 0 Å². The van der Waals surface area contributed by atoms with Crippen molar-refractivity contribution in [2.24, 2.45) is 5.73 Å². The van der Waals surface area contributed by atoms with Gasteiger partial charge in [0.2, 0.25) is 11.6 Å². The molecule has 2 aliphatic heterocycles. The fourth-order valence-electron chi connectivity index (χ4n) is 3.34. The number of nitrogens with zero attached hydrogens (tertiary/aromatic N) is 3. The summed E-state index contributed by atoms with van der Waals surface area (Å²) >= 11 is 4.98. The van der Waals surface area contributed by atoms with Gasteiger partial charge in [-0.3, -0.25) is 14.1 Å². The Labute approximate surface area is 156 Å². The molecule has 9 heteroatoms. The minimum atomic E-state index is -1.33. The maximum atomic E-state index is 12.0. The molecule has 0 aromatic carbocycles. The summed E-state index contributed by atoms with van der Waals surface area (Å²) in [7, 11) is 0. The molecule has 2 aromatic heterocycles. The van der Waals surface area contributed by atoms with Gasteiger partial charge in [0.25, 0.3) is 0 Å². The van der Waals surface area contributed by atoms with Crippen LogP contribution >= 0.6 is 27.7 Å². The fourth-order valence-corrected chi connectivity index (χ4v) is 5.07. The predicted octanol–water partition coefficient (Wildman–Crippen LogP) is -0.456. The van der Waals surface area contributed by atoms with E-state index in [1.54, 1.807) is 0 Å². The zero-order valence-corrected chi connectivity index (χ0v) is 15.7. The maximum Gasteiger partial charge on any atom is 0.248 e. The summed E-state index contributed by atoms with van der Waals surface area (Å²) in [5.74, 6) is -1.18. The number of carboxylic acids is 1. The minimum Gasteiger partial charge on any atom is -0.543 e. The average molecular weight is 423 g/mol. The van der Waals surface area contributed by atoms with E-state index < -0.39 is 12.0 Å². The third-order valence-electron chi connectivity index (χ3n) is 4.71. The van der Waals surface area contributed by atoms with E-state index in [0.717, 1.165) is 15.8 Å². The molecule has 25 heavy (non-hydrogen) atoms. The molecular formula is C16H15BrN4O3S. The Bertz CT molecular complexity index is 954. The first-order chi connectivity index (χ1) is 11.9. The van der Waals surface area contributed by atoms with E-state index in [4.69, 9.17) is 5.73 Å². The maximum absolute atomic E-state index is 12.0. The molecule has 2 atom stereocenters. The van der Waals surface area contributed by atoms with E-state index in [2.05, 4.69) is 15.9 Å². The van der Waals surface area contributed by atoms with Crippen LogP contribution in [-0.2, 0) is 16.1 Å². The van der Waals surface area contributed by atoms with Crippen LogP contribution in [0.15, 0.2) is 40.4 Å². The first-order valence-corrected chi connectivity index (χ1v) is 9.53. The number of thioether (sulfide) groups is 1. The summed E-state index contributed by atoms with van der Waals surface area (Å²) in [6.07, 6.45) is 3.81. The molecule has 1 fully saturated rings. The molecule has 0 aliphatic carbocycles. The van der Waals surface area contributed by atoms with Gasteiger partial charge in [0.1, 0.15) is 16.9 Å². The number of aryl methyl sites for hydroxylation is 1. The van der Waals surface area contributed by atoms with Crippen molar-refractivity contribution in [1.29, 1.82) is 0 Å². The van der Waals surface area contributed by atoms with Crippen LogP contribution < -0.4 is 15.4 Å². The molecule has 130 valence electrons. The first-order valence-electron chi connectivity index (χ1n) is 7.69. The van der Waals surface area contributed by atoms with Gasteiger partial charge in [-0.15, -0.1) is 11.8 Å². The molecule has 7 nitrogen and oxygen atoms in total. The van der Waals surface area contributed by atoms with Crippen molar-refractivity contribution in [2.75, 3.05) is 5.75 Å². The van der Waals surface area contributed by atoms with E-state index in [0.29, 0.717) is 17.9 Å². The number of carbonyl (C=O) groups is 2. The SMILES string of the molecule is Cc1c2ccc(Br)n2cc[n+]1CC1=C(C(=O)[O-])N2C(=O)C(N)[C@@H]2SC1. The van der Waals surface area contributed by atoms with E-state index in [-0.39, 0.29) is 17.0 Å². The summed E-state index contributed by atoms with van der Waals surface area (Å²) in [6, 6.07) is 3.32. The normalized spacial score (nSPS) is 23.0. The van der Waals surface area contributed by atoms with Crippen LogP contribution in [0.5, 0.6) is 0 Å². The first kappa shape index (κ1) is 16.6. The van der Waals surface area contributed by atoms with Gasteiger partial charge in [-0.2, -0.15) is 4.57 Å². The lowest BCUT2D eigenvalue weighted by atomic mass is 10.0. The number of carbonyl (C=O) groups excluding carboxylic acids is 2. The van der Waals surface area contributed by atoms with Crippen molar-refractivity contribution in [2.45, 2.75) is 24.9 Å². The highest BCUT2D eigenvalue weighted by Gasteiger charge is 2.50. The number of amides is 1. The number of carboxylic acid groups (broad SMARTS) is 1. The zero-order chi connectivity index (χ0) is 17.9. The molecule has 4 rings (SSSR count). The van der Waals surface area contributed by atoms with Gasteiger partial charge in [-0.05, 0) is 28.1 Å². The number of aliphatic carboxylic acids is 1. The lowest BCUT2D eigenvalue weighted by Gasteiger charge is -2.49. The van der Waals surface area contributed by atoms with Gasteiger partial charge in [-0.1, -0.05) is 0 Å². The zero-order valence-electron chi connectivity index (χ0n) is 13.3. The van der Waals surface area contributed by atoms with Crippen molar-refractivity contribution in [3.63, 3.8) is 0 Å². The summed E-state index contributed by atoms with van der Waals surface area (Å²) in [5, 5.41) is 11.4. The van der Waals surface area contributed by atoms with E-state index in [1.807, 2.05) is 40.4 Å². The number of fused-ring (bicyclic) bond motifs is 2. The molecule has 0 radical (unpaired) electrons. The Morgan fingerprint density at radius 2 is 2.28 bits per heavy atom. The number of hydrogen-bond donors (Lipinski definition) is 1. The van der Waals surface area contributed by atoms with E-state index >= 15 is 0 Å². The van der Waals surface area contributed by atoms with Crippen LogP contribution in [0.25, 0.3) is 5.52 Å². The van der Waals surface area contributed by atoms with Crippen molar-refractivity contribution in [3.8, 4) is 0 Å². The summed E-state index contributed by atoms with van der Waals surface area (Å²) < 4.78 is 4.93. The quantitative estimate of drug-likeness (QED) is 0.533. The standard InChI is InChI=1S/C16H15BrN4O3S/c1-8-10-2-3-11(17)20(10)5-4-19(8)6-9-7-25-15-12(18)14(22)21(15)13(9)16(23)24/h2-5,12,15H,6-7,18H2,1H3/t12?,15-/m0/s1. The number of β-lactam (4-membered cyclic amide) rings is 1. The Kier molecular flexibility index (Phi) is 3.89. The van der Waals surface area contributed by atoms with Gasteiger partial charge < -0.3 is 15.6 Å². The highest BCUT2D eigenvalue weighted by Crippen LogP contribution is 2.39. The predicted molar refractivity (Wildman–Crippen MR) is 93.1 cm³/mol. The van der Waals surface area contributed by atoms with Crippen LogP contribution in [-0.4, -0.2) is 38.3 Å². The van der Waals surface area contributed by atoms with Gasteiger partial charge in [0, 0.05) is 18.2 Å². The largest absolute Gasteiger partial charge is 0.543 e. The van der Waals surface area contributed by atoms with Gasteiger partial charge >= 0.3 is 0 Å². The van der Waals surface area contributed by atoms with Crippen molar-refractivity contribution in [3.05, 3.63) is 46.1 Å². The Balaban J connectivity index is 1.75. The lowest BCUT2D eigenvalue weighted by Crippen LogP contribution is -2.69. The second kappa shape index (κ2) is 5.86. The molecule has 4 heterocycles. The van der Waals surface area contributed by atoms with Crippen LogP contribution in [0.1, 0.15) is 5.69 Å². The summed E-state index contributed by atoms with van der Waals surface area (Å²) in [4.78, 5) is 24.9. The van der Waals surface area contributed by atoms with Crippen LogP contribution in [0.3, 0.4) is 0 Å². The molecule has 2 aliphatic rings. The van der Waals surface area contributed by atoms with E-state index in [9.17, 15) is 14.7 Å². The molecule has 2 N–H and O–H groups in total. The Morgan fingerprint density at radius 1 is 1.52 bits per heavy atom. The topological polar surface area (TPSA) is 94.8 Å². The molecule has 0 spiro atoms.